The maximum Gasteiger partial charge on any atom is 0.240 e. The number of nitrogen functional groups attached to an aromatic ring is 1. The van der Waals surface area contributed by atoms with Crippen LogP contribution in [0.25, 0.3) is 0 Å². The Bertz CT molecular complexity index is 607. The maximum absolute atomic E-state index is 13.3. The molecule has 1 aliphatic heterocycles. The van der Waals surface area contributed by atoms with Crippen molar-refractivity contribution in [1.82, 2.24) is 4.72 Å². The zero-order valence-electron chi connectivity index (χ0n) is 11.0. The van der Waals surface area contributed by atoms with Gasteiger partial charge in [-0.05, 0) is 25.1 Å². The van der Waals surface area contributed by atoms with Crippen molar-refractivity contribution in [3.63, 3.8) is 0 Å². The summed E-state index contributed by atoms with van der Waals surface area (Å²) < 4.78 is 44.8. The van der Waals surface area contributed by atoms with Crippen molar-refractivity contribution < 1.29 is 22.7 Å². The third-order valence-electron chi connectivity index (χ3n) is 3.51. The van der Waals surface area contributed by atoms with Crippen LogP contribution in [0.1, 0.15) is 13.3 Å². The minimum Gasteiger partial charge on any atom is -0.396 e. The third-order valence-corrected chi connectivity index (χ3v) is 4.91. The lowest BCUT2D eigenvalue weighted by atomic mass is 9.97. The summed E-state index contributed by atoms with van der Waals surface area (Å²) in [6.07, 6.45) is -0.124. The average molecular weight is 304 g/mol. The number of rotatable bonds is 4. The van der Waals surface area contributed by atoms with Gasteiger partial charge in [-0.2, -0.15) is 0 Å². The van der Waals surface area contributed by atoms with E-state index in [9.17, 15) is 17.9 Å². The number of aliphatic hydroxyl groups is 1. The molecular formula is C12H17FN2O4S. The van der Waals surface area contributed by atoms with Gasteiger partial charge in [0.1, 0.15) is 11.4 Å². The minimum absolute atomic E-state index is 0.125. The first-order valence-electron chi connectivity index (χ1n) is 6.13. The number of ether oxygens (including phenoxy) is 1. The zero-order chi connectivity index (χ0) is 15.0. The van der Waals surface area contributed by atoms with Crippen LogP contribution >= 0.6 is 0 Å². The highest BCUT2D eigenvalue weighted by molar-refractivity contribution is 7.89. The summed E-state index contributed by atoms with van der Waals surface area (Å²) in [6, 6.07) is 3.23. The van der Waals surface area contributed by atoms with Gasteiger partial charge < -0.3 is 15.6 Å². The van der Waals surface area contributed by atoms with Gasteiger partial charge in [0.05, 0.1) is 16.7 Å². The summed E-state index contributed by atoms with van der Waals surface area (Å²) in [5.41, 5.74) is 3.92. The summed E-state index contributed by atoms with van der Waals surface area (Å²) in [7, 11) is -3.91. The quantitative estimate of drug-likeness (QED) is 0.691. The van der Waals surface area contributed by atoms with Crippen molar-refractivity contribution in [2.45, 2.75) is 29.9 Å². The van der Waals surface area contributed by atoms with Gasteiger partial charge in [0, 0.05) is 19.6 Å². The van der Waals surface area contributed by atoms with Crippen molar-refractivity contribution >= 4 is 15.7 Å². The highest BCUT2D eigenvalue weighted by Gasteiger charge is 2.40. The normalized spacial score (nSPS) is 26.9. The van der Waals surface area contributed by atoms with Crippen molar-refractivity contribution in [2.24, 2.45) is 0 Å². The highest BCUT2D eigenvalue weighted by atomic mass is 32.2. The van der Waals surface area contributed by atoms with Crippen LogP contribution in [0.5, 0.6) is 0 Å². The van der Waals surface area contributed by atoms with Gasteiger partial charge in [0.15, 0.2) is 0 Å². The van der Waals surface area contributed by atoms with E-state index >= 15 is 0 Å². The van der Waals surface area contributed by atoms with Crippen LogP contribution in [0.4, 0.5) is 10.1 Å². The molecule has 2 rings (SSSR count). The Morgan fingerprint density at radius 1 is 1.60 bits per heavy atom. The number of hydrogen-bond acceptors (Lipinski definition) is 5. The van der Waals surface area contributed by atoms with Crippen LogP contribution < -0.4 is 10.5 Å². The number of benzene rings is 1. The smallest absolute Gasteiger partial charge is 0.240 e. The number of hydrogen-bond donors (Lipinski definition) is 3. The number of sulfonamides is 1. The Labute approximate surface area is 116 Å². The second-order valence-corrected chi connectivity index (χ2v) is 6.64. The number of halogens is 1. The molecule has 20 heavy (non-hydrogen) atoms. The van der Waals surface area contributed by atoms with E-state index in [2.05, 4.69) is 4.72 Å². The van der Waals surface area contributed by atoms with Crippen molar-refractivity contribution in [2.75, 3.05) is 18.9 Å². The predicted molar refractivity (Wildman–Crippen MR) is 71.0 cm³/mol. The molecule has 0 saturated carbocycles. The van der Waals surface area contributed by atoms with Gasteiger partial charge in [-0.3, -0.25) is 0 Å². The first kappa shape index (κ1) is 15.2. The zero-order valence-corrected chi connectivity index (χ0v) is 11.8. The Kier molecular flexibility index (Phi) is 4.01. The summed E-state index contributed by atoms with van der Waals surface area (Å²) in [5, 5.41) is 10.2. The lowest BCUT2D eigenvalue weighted by molar-refractivity contribution is -0.0228. The number of nitrogens with one attached hydrogen (secondary N) is 1. The summed E-state index contributed by atoms with van der Waals surface area (Å²) in [6.45, 7) is 1.85. The molecule has 0 spiro atoms. The molecule has 1 aromatic rings. The van der Waals surface area contributed by atoms with E-state index in [4.69, 9.17) is 10.5 Å². The Morgan fingerprint density at radius 3 is 2.85 bits per heavy atom. The molecule has 2 unspecified atom stereocenters. The lowest BCUT2D eigenvalue weighted by Gasteiger charge is -2.26. The molecule has 0 radical (unpaired) electrons. The topological polar surface area (TPSA) is 102 Å². The summed E-state index contributed by atoms with van der Waals surface area (Å²) >= 11 is 0. The second kappa shape index (κ2) is 5.28. The van der Waals surface area contributed by atoms with E-state index in [0.29, 0.717) is 13.0 Å². The average Bonchev–Trinajstić information content (AvgIpc) is 2.71. The molecule has 0 aromatic heterocycles. The third kappa shape index (κ3) is 2.93. The van der Waals surface area contributed by atoms with Crippen LogP contribution in [0.3, 0.4) is 0 Å². The van der Waals surface area contributed by atoms with Gasteiger partial charge in [0.25, 0.3) is 0 Å². The van der Waals surface area contributed by atoms with Crippen LogP contribution in [-0.2, 0) is 14.8 Å². The fourth-order valence-electron chi connectivity index (χ4n) is 1.98. The van der Waals surface area contributed by atoms with E-state index in [-0.39, 0.29) is 17.1 Å². The first-order chi connectivity index (χ1) is 9.24. The molecule has 1 aromatic carbocycles. The van der Waals surface area contributed by atoms with Crippen molar-refractivity contribution in [3.05, 3.63) is 24.0 Å². The fraction of sp³-hybridized carbons (Fsp3) is 0.500. The van der Waals surface area contributed by atoms with Crippen LogP contribution in [0.2, 0.25) is 0 Å². The van der Waals surface area contributed by atoms with Gasteiger partial charge in [-0.25, -0.2) is 17.5 Å². The summed E-state index contributed by atoms with van der Waals surface area (Å²) in [4.78, 5) is -0.237. The maximum atomic E-state index is 13.3. The molecule has 4 N–H and O–H groups in total. The second-order valence-electron chi connectivity index (χ2n) is 4.87. The van der Waals surface area contributed by atoms with E-state index in [0.717, 1.165) is 6.07 Å². The Morgan fingerprint density at radius 2 is 2.30 bits per heavy atom. The Balaban J connectivity index is 2.13. The minimum atomic E-state index is -3.91. The van der Waals surface area contributed by atoms with E-state index < -0.39 is 27.5 Å². The SMILES string of the molecule is CC1OCCC1(O)CNS(=O)(=O)c1ccc(N)c(F)c1. The Hall–Kier alpha value is -1.22. The molecule has 2 atom stereocenters. The summed E-state index contributed by atoms with van der Waals surface area (Å²) in [5.74, 6) is -0.802. The first-order valence-corrected chi connectivity index (χ1v) is 7.62. The monoisotopic (exact) mass is 304 g/mol. The largest absolute Gasteiger partial charge is 0.396 e. The molecule has 112 valence electrons. The van der Waals surface area contributed by atoms with Crippen LogP contribution in [0.15, 0.2) is 23.1 Å². The van der Waals surface area contributed by atoms with Crippen LogP contribution in [-0.4, -0.2) is 38.4 Å². The molecule has 0 bridgehead atoms. The number of nitrogens with two attached hydrogens (primary N) is 1. The standard InChI is InChI=1S/C12H17FN2O4S/c1-8-12(16,4-5-19-8)7-15-20(17,18)9-2-3-11(14)10(13)6-9/h2-3,6,8,15-16H,4-5,7,14H2,1H3. The van der Waals surface area contributed by atoms with Crippen molar-refractivity contribution in [1.29, 1.82) is 0 Å². The molecule has 0 aliphatic carbocycles. The van der Waals surface area contributed by atoms with E-state index in [1.54, 1.807) is 6.92 Å². The molecule has 1 fully saturated rings. The van der Waals surface area contributed by atoms with Gasteiger partial charge in [-0.15, -0.1) is 0 Å². The molecular weight excluding hydrogens is 287 g/mol. The van der Waals surface area contributed by atoms with Crippen LogP contribution in [0, 0.1) is 5.82 Å². The molecule has 1 heterocycles. The molecule has 1 aliphatic rings. The molecule has 8 heteroatoms. The van der Waals surface area contributed by atoms with Gasteiger partial charge >= 0.3 is 0 Å². The molecule has 1 saturated heterocycles. The van der Waals surface area contributed by atoms with Crippen molar-refractivity contribution in [3.8, 4) is 0 Å². The number of anilines is 1. The molecule has 0 amide bonds. The van der Waals surface area contributed by atoms with Gasteiger partial charge in [0.2, 0.25) is 10.0 Å². The predicted octanol–water partition coefficient (Wildman–Crippen LogP) is 0.226. The van der Waals surface area contributed by atoms with E-state index in [1.807, 2.05) is 0 Å². The van der Waals surface area contributed by atoms with Gasteiger partial charge in [-0.1, -0.05) is 0 Å². The highest BCUT2D eigenvalue weighted by Crippen LogP contribution is 2.25. The molecule has 6 nitrogen and oxygen atoms in total. The lowest BCUT2D eigenvalue weighted by Crippen LogP contribution is -2.47. The van der Waals surface area contributed by atoms with E-state index in [1.165, 1.54) is 12.1 Å². The fourth-order valence-corrected chi connectivity index (χ4v) is 3.09.